The maximum atomic E-state index is 13.0. The summed E-state index contributed by atoms with van der Waals surface area (Å²) in [5.74, 6) is 0.488. The van der Waals surface area contributed by atoms with Gasteiger partial charge in [0.1, 0.15) is 18.2 Å². The highest BCUT2D eigenvalue weighted by molar-refractivity contribution is 5.82. The Morgan fingerprint density at radius 1 is 1.06 bits per heavy atom. The van der Waals surface area contributed by atoms with E-state index in [-0.39, 0.29) is 5.82 Å². The van der Waals surface area contributed by atoms with Gasteiger partial charge in [-0.25, -0.2) is 4.39 Å². The Hall–Kier alpha value is -3.42. The van der Waals surface area contributed by atoms with E-state index in [1.54, 1.807) is 12.1 Å². The van der Waals surface area contributed by atoms with Gasteiger partial charge in [-0.15, -0.1) is 0 Å². The molecule has 1 heterocycles. The van der Waals surface area contributed by atoms with E-state index in [1.165, 1.54) is 12.1 Å². The van der Waals surface area contributed by atoms with Crippen molar-refractivity contribution >= 4 is 22.3 Å². The molecule has 4 rings (SSSR count). The van der Waals surface area contributed by atoms with Crippen molar-refractivity contribution in [1.82, 2.24) is 15.5 Å². The molecule has 0 bridgehead atoms. The first kappa shape index (κ1) is 20.8. The number of nitrogens with zero attached hydrogens (tertiary/aromatic N) is 1. The van der Waals surface area contributed by atoms with Gasteiger partial charge >= 0.3 is 0 Å². The third-order valence-corrected chi connectivity index (χ3v) is 5.01. The lowest BCUT2D eigenvalue weighted by molar-refractivity contribution is 0.172. The second-order valence-electron chi connectivity index (χ2n) is 7.35. The molecular formula is C24H25FN4O2. The molecule has 1 aromatic heterocycles. The van der Waals surface area contributed by atoms with Crippen molar-refractivity contribution in [1.29, 1.82) is 0 Å². The third kappa shape index (κ3) is 5.39. The first-order chi connectivity index (χ1) is 15.1. The standard InChI is InChI=1S/C24H25FN4O2/c1-16-22-10-9-21(14-23(22)29-28-16)31-12-11-26-15-24(30)17-3-2-4-20(13-17)27-19-7-5-18(25)6-8-19/h2-10,13-14,24,26-27,30H,11-12,15H2,1H3,(H,28,29)/t24-/m0/s1. The number of hydrogen-bond acceptors (Lipinski definition) is 5. The molecule has 4 N–H and O–H groups in total. The second kappa shape index (κ2) is 9.59. The highest BCUT2D eigenvalue weighted by Crippen LogP contribution is 2.22. The van der Waals surface area contributed by atoms with Crippen LogP contribution in [-0.4, -0.2) is 35.0 Å². The van der Waals surface area contributed by atoms with E-state index in [9.17, 15) is 9.50 Å². The molecular weight excluding hydrogens is 395 g/mol. The van der Waals surface area contributed by atoms with Crippen LogP contribution in [-0.2, 0) is 0 Å². The Kier molecular flexibility index (Phi) is 6.45. The van der Waals surface area contributed by atoms with Crippen LogP contribution in [0.25, 0.3) is 10.9 Å². The van der Waals surface area contributed by atoms with Gasteiger partial charge in [-0.1, -0.05) is 12.1 Å². The fourth-order valence-corrected chi connectivity index (χ4v) is 3.34. The summed E-state index contributed by atoms with van der Waals surface area (Å²) in [4.78, 5) is 0. The van der Waals surface area contributed by atoms with Crippen LogP contribution in [0.4, 0.5) is 15.8 Å². The van der Waals surface area contributed by atoms with Gasteiger partial charge in [-0.2, -0.15) is 5.10 Å². The minimum absolute atomic E-state index is 0.276. The molecule has 4 aromatic rings. The summed E-state index contributed by atoms with van der Waals surface area (Å²) in [6, 6.07) is 19.5. The number of ether oxygens (including phenoxy) is 1. The summed E-state index contributed by atoms with van der Waals surface area (Å²) in [5.41, 5.74) is 4.32. The molecule has 0 saturated heterocycles. The van der Waals surface area contributed by atoms with Crippen LogP contribution >= 0.6 is 0 Å². The maximum absolute atomic E-state index is 13.0. The molecule has 3 aromatic carbocycles. The van der Waals surface area contributed by atoms with Crippen molar-refractivity contribution in [2.75, 3.05) is 25.0 Å². The Morgan fingerprint density at radius 2 is 1.90 bits per heavy atom. The topological polar surface area (TPSA) is 82.2 Å². The Bertz CT molecular complexity index is 1140. The zero-order chi connectivity index (χ0) is 21.6. The summed E-state index contributed by atoms with van der Waals surface area (Å²) >= 11 is 0. The van der Waals surface area contributed by atoms with Gasteiger partial charge in [0.15, 0.2) is 0 Å². The SMILES string of the molecule is Cc1[nH]nc2cc(OCCNC[C@H](O)c3cccc(Nc4ccc(F)cc4)c3)ccc12. The van der Waals surface area contributed by atoms with Crippen LogP contribution in [0.3, 0.4) is 0 Å². The molecule has 160 valence electrons. The number of anilines is 2. The predicted molar refractivity (Wildman–Crippen MR) is 120 cm³/mol. The lowest BCUT2D eigenvalue weighted by Crippen LogP contribution is -2.26. The molecule has 0 amide bonds. The first-order valence-corrected chi connectivity index (χ1v) is 10.2. The Labute approximate surface area is 180 Å². The lowest BCUT2D eigenvalue weighted by atomic mass is 10.1. The Morgan fingerprint density at radius 3 is 2.74 bits per heavy atom. The van der Waals surface area contributed by atoms with Crippen LogP contribution < -0.4 is 15.4 Å². The number of hydrogen-bond donors (Lipinski definition) is 4. The molecule has 0 fully saturated rings. The van der Waals surface area contributed by atoms with E-state index in [2.05, 4.69) is 20.8 Å². The molecule has 0 aliphatic heterocycles. The molecule has 0 unspecified atom stereocenters. The lowest BCUT2D eigenvalue weighted by Gasteiger charge is -2.14. The Balaban J connectivity index is 1.23. The molecule has 1 atom stereocenters. The molecule has 6 nitrogen and oxygen atoms in total. The minimum Gasteiger partial charge on any atom is -0.492 e. The monoisotopic (exact) mass is 420 g/mol. The van der Waals surface area contributed by atoms with Gasteiger partial charge < -0.3 is 20.5 Å². The summed E-state index contributed by atoms with van der Waals surface area (Å²) in [5, 5.41) is 25.2. The molecule has 0 aliphatic rings. The van der Waals surface area contributed by atoms with Gasteiger partial charge in [0.2, 0.25) is 0 Å². The molecule has 0 radical (unpaired) electrons. The molecule has 0 aliphatic carbocycles. The second-order valence-corrected chi connectivity index (χ2v) is 7.35. The van der Waals surface area contributed by atoms with E-state index < -0.39 is 6.10 Å². The van der Waals surface area contributed by atoms with Crippen molar-refractivity contribution in [2.24, 2.45) is 0 Å². The number of aliphatic hydroxyl groups excluding tert-OH is 1. The third-order valence-electron chi connectivity index (χ3n) is 5.01. The van der Waals surface area contributed by atoms with Crippen molar-refractivity contribution in [3.63, 3.8) is 0 Å². The number of fused-ring (bicyclic) bond motifs is 1. The van der Waals surface area contributed by atoms with Gasteiger partial charge in [-0.3, -0.25) is 5.10 Å². The quantitative estimate of drug-likeness (QED) is 0.301. The number of aromatic nitrogens is 2. The normalized spacial score (nSPS) is 12.1. The number of aliphatic hydroxyl groups is 1. The molecule has 0 spiro atoms. The first-order valence-electron chi connectivity index (χ1n) is 10.2. The van der Waals surface area contributed by atoms with Crippen LogP contribution in [0.5, 0.6) is 5.75 Å². The van der Waals surface area contributed by atoms with Crippen molar-refractivity contribution in [2.45, 2.75) is 13.0 Å². The summed E-state index contributed by atoms with van der Waals surface area (Å²) < 4.78 is 18.8. The average molecular weight is 420 g/mol. The minimum atomic E-state index is -0.654. The number of aromatic amines is 1. The van der Waals surface area contributed by atoms with E-state index >= 15 is 0 Å². The highest BCUT2D eigenvalue weighted by Gasteiger charge is 2.08. The smallest absolute Gasteiger partial charge is 0.123 e. The van der Waals surface area contributed by atoms with Gasteiger partial charge in [0.05, 0.1) is 11.6 Å². The number of nitrogens with one attached hydrogen (secondary N) is 3. The number of rotatable bonds is 9. The summed E-state index contributed by atoms with van der Waals surface area (Å²) in [7, 11) is 0. The van der Waals surface area contributed by atoms with Gasteiger partial charge in [0.25, 0.3) is 0 Å². The molecule has 31 heavy (non-hydrogen) atoms. The number of H-pyrrole nitrogens is 1. The van der Waals surface area contributed by atoms with E-state index in [1.807, 2.05) is 49.4 Å². The van der Waals surface area contributed by atoms with Crippen LogP contribution in [0, 0.1) is 12.7 Å². The average Bonchev–Trinajstić information content (AvgIpc) is 3.15. The summed E-state index contributed by atoms with van der Waals surface area (Å²) in [6.07, 6.45) is -0.654. The van der Waals surface area contributed by atoms with Crippen LogP contribution in [0.15, 0.2) is 66.7 Å². The molecule has 7 heteroatoms. The maximum Gasteiger partial charge on any atom is 0.123 e. The fraction of sp³-hybridized carbons (Fsp3) is 0.208. The highest BCUT2D eigenvalue weighted by atomic mass is 19.1. The van der Waals surface area contributed by atoms with E-state index in [4.69, 9.17) is 4.74 Å². The number of aryl methyl sites for hydroxylation is 1. The molecule has 0 saturated carbocycles. The fourth-order valence-electron chi connectivity index (χ4n) is 3.34. The van der Waals surface area contributed by atoms with Gasteiger partial charge in [-0.05, 0) is 61.0 Å². The van der Waals surface area contributed by atoms with Crippen molar-refractivity contribution < 1.29 is 14.2 Å². The van der Waals surface area contributed by atoms with Crippen LogP contribution in [0.1, 0.15) is 17.4 Å². The number of halogens is 1. The van der Waals surface area contributed by atoms with Crippen molar-refractivity contribution in [3.8, 4) is 5.75 Å². The zero-order valence-corrected chi connectivity index (χ0v) is 17.2. The van der Waals surface area contributed by atoms with Gasteiger partial charge in [0, 0.05) is 41.6 Å². The van der Waals surface area contributed by atoms with Crippen LogP contribution in [0.2, 0.25) is 0 Å². The zero-order valence-electron chi connectivity index (χ0n) is 17.2. The van der Waals surface area contributed by atoms with E-state index in [0.717, 1.165) is 39.3 Å². The summed E-state index contributed by atoms with van der Waals surface area (Å²) in [6.45, 7) is 3.47. The predicted octanol–water partition coefficient (Wildman–Crippen LogP) is 4.46. The van der Waals surface area contributed by atoms with Crippen molar-refractivity contribution in [3.05, 3.63) is 83.8 Å². The largest absolute Gasteiger partial charge is 0.492 e. The number of benzene rings is 3. The van der Waals surface area contributed by atoms with E-state index in [0.29, 0.717) is 19.7 Å².